The van der Waals surface area contributed by atoms with Gasteiger partial charge in [-0.15, -0.1) is 0 Å². The zero-order chi connectivity index (χ0) is 10.4. The molecule has 0 radical (unpaired) electrons. The van der Waals surface area contributed by atoms with E-state index in [-0.39, 0.29) is 6.61 Å². The van der Waals surface area contributed by atoms with Crippen molar-refractivity contribution < 1.29 is 9.53 Å². The first kappa shape index (κ1) is 10.6. The van der Waals surface area contributed by atoms with E-state index >= 15 is 0 Å². The smallest absolute Gasteiger partial charge is 0.236 e. The number of carbonyl (C=O) groups is 1. The van der Waals surface area contributed by atoms with Crippen LogP contribution in [0.1, 0.15) is 5.69 Å². The third-order valence-electron chi connectivity index (χ3n) is 1.64. The van der Waals surface area contributed by atoms with Gasteiger partial charge in [-0.25, -0.2) is 0 Å². The highest BCUT2D eigenvalue weighted by Crippen LogP contribution is 1.96. The van der Waals surface area contributed by atoms with E-state index in [0.717, 1.165) is 5.69 Å². The number of nitrogens with two attached hydrogens (primary N) is 2. The molecule has 14 heavy (non-hydrogen) atoms. The van der Waals surface area contributed by atoms with Gasteiger partial charge in [0.15, 0.2) is 0 Å². The lowest BCUT2D eigenvalue weighted by Gasteiger charge is -2.07. The van der Waals surface area contributed by atoms with Crippen LogP contribution in [0, 0.1) is 0 Å². The van der Waals surface area contributed by atoms with Gasteiger partial charge in [0.05, 0.1) is 18.9 Å². The average molecular weight is 195 g/mol. The van der Waals surface area contributed by atoms with Gasteiger partial charge in [0, 0.05) is 6.20 Å². The molecule has 1 amide bonds. The number of rotatable bonds is 5. The second kappa shape index (κ2) is 5.31. The third-order valence-corrected chi connectivity index (χ3v) is 1.64. The molecule has 0 aliphatic carbocycles. The van der Waals surface area contributed by atoms with Crippen LogP contribution >= 0.6 is 0 Å². The molecule has 0 bridgehead atoms. The number of amides is 1. The highest BCUT2D eigenvalue weighted by molar-refractivity contribution is 5.79. The maximum absolute atomic E-state index is 10.5. The molecule has 76 valence electrons. The molecule has 1 aromatic heterocycles. The summed E-state index contributed by atoms with van der Waals surface area (Å²) in [5.74, 6) is -0.564. The van der Waals surface area contributed by atoms with Gasteiger partial charge in [0.1, 0.15) is 6.04 Å². The van der Waals surface area contributed by atoms with Crippen LogP contribution in [0.2, 0.25) is 0 Å². The number of primary amides is 1. The van der Waals surface area contributed by atoms with Crippen molar-refractivity contribution in [3.8, 4) is 0 Å². The molecule has 1 atom stereocenters. The fraction of sp³-hybridized carbons (Fsp3) is 0.333. The maximum Gasteiger partial charge on any atom is 0.236 e. The van der Waals surface area contributed by atoms with E-state index < -0.39 is 11.9 Å². The van der Waals surface area contributed by atoms with Crippen molar-refractivity contribution in [1.29, 1.82) is 0 Å². The monoisotopic (exact) mass is 195 g/mol. The predicted octanol–water partition coefficient (Wildman–Crippen LogP) is -0.589. The zero-order valence-electron chi connectivity index (χ0n) is 7.72. The lowest BCUT2D eigenvalue weighted by Crippen LogP contribution is -2.40. The minimum Gasteiger partial charge on any atom is -0.373 e. The van der Waals surface area contributed by atoms with Gasteiger partial charge in [0.25, 0.3) is 0 Å². The van der Waals surface area contributed by atoms with Crippen LogP contribution in [0.4, 0.5) is 0 Å². The van der Waals surface area contributed by atoms with Gasteiger partial charge in [-0.2, -0.15) is 0 Å². The van der Waals surface area contributed by atoms with Crippen molar-refractivity contribution in [2.45, 2.75) is 12.6 Å². The zero-order valence-corrected chi connectivity index (χ0v) is 7.72. The highest BCUT2D eigenvalue weighted by Gasteiger charge is 2.08. The molecule has 1 rings (SSSR count). The summed E-state index contributed by atoms with van der Waals surface area (Å²) < 4.78 is 5.15. The summed E-state index contributed by atoms with van der Waals surface area (Å²) >= 11 is 0. The summed E-state index contributed by atoms with van der Waals surface area (Å²) in [7, 11) is 0. The molecule has 0 aromatic carbocycles. The quantitative estimate of drug-likeness (QED) is 0.657. The first-order valence-electron chi connectivity index (χ1n) is 4.22. The third kappa shape index (κ3) is 3.51. The molecule has 1 unspecified atom stereocenters. The SMILES string of the molecule is NC(=O)C(N)COCc1ccccn1. The molecule has 0 aliphatic rings. The standard InChI is InChI=1S/C9H13N3O2/c10-8(9(11)13)6-14-5-7-3-1-2-4-12-7/h1-4,8H,5-6,10H2,(H2,11,13). The topological polar surface area (TPSA) is 91.2 Å². The Morgan fingerprint density at radius 2 is 2.36 bits per heavy atom. The summed E-state index contributed by atoms with van der Waals surface area (Å²) in [5, 5.41) is 0. The molecule has 0 saturated carbocycles. The van der Waals surface area contributed by atoms with E-state index in [1.165, 1.54) is 0 Å². The van der Waals surface area contributed by atoms with E-state index in [4.69, 9.17) is 16.2 Å². The second-order valence-electron chi connectivity index (χ2n) is 2.85. The van der Waals surface area contributed by atoms with Gasteiger partial charge >= 0.3 is 0 Å². The molecular formula is C9H13N3O2. The van der Waals surface area contributed by atoms with Crippen LogP contribution in [-0.4, -0.2) is 23.5 Å². The minimum atomic E-state index is -0.751. The van der Waals surface area contributed by atoms with E-state index in [0.29, 0.717) is 6.61 Å². The fourth-order valence-corrected chi connectivity index (χ4v) is 0.856. The number of pyridine rings is 1. The first-order chi connectivity index (χ1) is 6.70. The molecule has 5 nitrogen and oxygen atoms in total. The second-order valence-corrected chi connectivity index (χ2v) is 2.85. The van der Waals surface area contributed by atoms with Crippen LogP contribution in [-0.2, 0) is 16.1 Å². The van der Waals surface area contributed by atoms with Gasteiger partial charge < -0.3 is 16.2 Å². The minimum absolute atomic E-state index is 0.117. The number of carbonyl (C=O) groups excluding carboxylic acids is 1. The Hall–Kier alpha value is -1.46. The summed E-state index contributed by atoms with van der Waals surface area (Å²) in [6.07, 6.45) is 1.67. The molecule has 5 heteroatoms. The molecule has 0 spiro atoms. The lowest BCUT2D eigenvalue weighted by molar-refractivity contribution is -0.120. The van der Waals surface area contributed by atoms with Gasteiger partial charge in [-0.1, -0.05) is 6.07 Å². The molecule has 0 fully saturated rings. The highest BCUT2D eigenvalue weighted by atomic mass is 16.5. The Morgan fingerprint density at radius 3 is 2.93 bits per heavy atom. The summed E-state index contributed by atoms with van der Waals surface area (Å²) in [6.45, 7) is 0.452. The van der Waals surface area contributed by atoms with Crippen LogP contribution in [0.25, 0.3) is 0 Å². The van der Waals surface area contributed by atoms with Crippen molar-refractivity contribution in [2.75, 3.05) is 6.61 Å². The van der Waals surface area contributed by atoms with E-state index in [9.17, 15) is 4.79 Å². The van der Waals surface area contributed by atoms with E-state index in [1.54, 1.807) is 6.20 Å². The van der Waals surface area contributed by atoms with Crippen LogP contribution in [0.15, 0.2) is 24.4 Å². The van der Waals surface area contributed by atoms with Crippen molar-refractivity contribution in [2.24, 2.45) is 11.5 Å². The number of aromatic nitrogens is 1. The summed E-state index contributed by atoms with van der Waals surface area (Å²) in [6, 6.07) is 4.76. The van der Waals surface area contributed by atoms with Gasteiger partial charge in [0.2, 0.25) is 5.91 Å². The number of nitrogens with zero attached hydrogens (tertiary/aromatic N) is 1. The molecule has 0 aliphatic heterocycles. The Morgan fingerprint density at radius 1 is 1.57 bits per heavy atom. The van der Waals surface area contributed by atoms with Crippen LogP contribution in [0.5, 0.6) is 0 Å². The Balaban J connectivity index is 2.26. The van der Waals surface area contributed by atoms with Crippen LogP contribution in [0.3, 0.4) is 0 Å². The van der Waals surface area contributed by atoms with E-state index in [1.807, 2.05) is 18.2 Å². The van der Waals surface area contributed by atoms with Crippen molar-refractivity contribution in [3.05, 3.63) is 30.1 Å². The molecule has 0 saturated heterocycles. The number of hydrogen-bond donors (Lipinski definition) is 2. The summed E-state index contributed by atoms with van der Waals surface area (Å²) in [4.78, 5) is 14.6. The largest absolute Gasteiger partial charge is 0.373 e. The normalized spacial score (nSPS) is 12.4. The molecule has 1 aromatic rings. The van der Waals surface area contributed by atoms with Crippen molar-refractivity contribution >= 4 is 5.91 Å². The lowest BCUT2D eigenvalue weighted by atomic mass is 10.3. The Labute approximate surface area is 82.1 Å². The van der Waals surface area contributed by atoms with Gasteiger partial charge in [-0.3, -0.25) is 9.78 Å². The van der Waals surface area contributed by atoms with Crippen molar-refractivity contribution in [1.82, 2.24) is 4.98 Å². The summed E-state index contributed by atoms with van der Waals surface area (Å²) in [5.41, 5.74) is 11.1. The Bertz CT molecular complexity index is 289. The number of hydrogen-bond acceptors (Lipinski definition) is 4. The maximum atomic E-state index is 10.5. The average Bonchev–Trinajstić information content (AvgIpc) is 2.19. The number of ether oxygens (including phenoxy) is 1. The predicted molar refractivity (Wildman–Crippen MR) is 51.1 cm³/mol. The Kier molecular flexibility index (Phi) is 4.03. The molecule has 4 N–H and O–H groups in total. The van der Waals surface area contributed by atoms with Crippen molar-refractivity contribution in [3.63, 3.8) is 0 Å². The molecule has 1 heterocycles. The van der Waals surface area contributed by atoms with Crippen LogP contribution < -0.4 is 11.5 Å². The van der Waals surface area contributed by atoms with Gasteiger partial charge in [-0.05, 0) is 12.1 Å². The first-order valence-corrected chi connectivity index (χ1v) is 4.22. The molecular weight excluding hydrogens is 182 g/mol. The fourth-order valence-electron chi connectivity index (χ4n) is 0.856. The van der Waals surface area contributed by atoms with E-state index in [2.05, 4.69) is 4.98 Å².